The van der Waals surface area contributed by atoms with Crippen LogP contribution < -0.4 is 5.84 Å². The summed E-state index contributed by atoms with van der Waals surface area (Å²) in [4.78, 5) is 0. The van der Waals surface area contributed by atoms with Gasteiger partial charge in [-0.15, -0.1) is 0 Å². The molecule has 60 valence electrons. The van der Waals surface area contributed by atoms with E-state index in [0.29, 0.717) is 5.41 Å². The smallest absolute Gasteiger partial charge is 0.0219 e. The molecule has 3 heteroatoms. The van der Waals surface area contributed by atoms with Crippen molar-refractivity contribution in [3.8, 4) is 0 Å². The Bertz CT molecular complexity index is 114. The van der Waals surface area contributed by atoms with Crippen LogP contribution in [0.4, 0.5) is 0 Å². The highest BCUT2D eigenvalue weighted by Crippen LogP contribution is 2.24. The second-order valence-corrected chi connectivity index (χ2v) is 4.79. The molecule has 0 bridgehead atoms. The zero-order chi connectivity index (χ0) is 7.61. The fourth-order valence-corrected chi connectivity index (χ4v) is 2.36. The molecular weight excluding hydrogens is 144 g/mol. The molecule has 0 aromatic carbocycles. The fraction of sp³-hybridized carbons (Fsp3) is 1.00. The predicted molar refractivity (Wildman–Crippen MR) is 46.9 cm³/mol. The lowest BCUT2D eigenvalue weighted by Crippen LogP contribution is -2.39. The minimum Gasteiger partial charge on any atom is -0.269 e. The molecule has 0 radical (unpaired) electrons. The van der Waals surface area contributed by atoms with Gasteiger partial charge in [0.05, 0.1) is 0 Å². The standard InChI is InChI=1S/C7H16N2S/c1-7(2)5-9(8)3-4-10-6-7/h3-6,8H2,1-2H3. The molecular formula is C7H16N2S. The van der Waals surface area contributed by atoms with E-state index in [0.717, 1.165) is 13.1 Å². The van der Waals surface area contributed by atoms with E-state index in [1.807, 2.05) is 16.8 Å². The third-order valence-corrected chi connectivity index (χ3v) is 3.10. The van der Waals surface area contributed by atoms with Crippen molar-refractivity contribution in [2.45, 2.75) is 13.8 Å². The Morgan fingerprint density at radius 3 is 2.90 bits per heavy atom. The first-order valence-electron chi connectivity index (χ1n) is 3.68. The van der Waals surface area contributed by atoms with E-state index >= 15 is 0 Å². The second kappa shape index (κ2) is 3.11. The van der Waals surface area contributed by atoms with E-state index in [1.165, 1.54) is 11.5 Å². The molecule has 0 unspecified atom stereocenters. The van der Waals surface area contributed by atoms with E-state index in [4.69, 9.17) is 5.84 Å². The van der Waals surface area contributed by atoms with Crippen molar-refractivity contribution in [3.05, 3.63) is 0 Å². The van der Waals surface area contributed by atoms with E-state index in [1.54, 1.807) is 0 Å². The predicted octanol–water partition coefficient (Wildman–Crippen LogP) is 0.935. The molecule has 10 heavy (non-hydrogen) atoms. The van der Waals surface area contributed by atoms with Crippen LogP contribution in [0, 0.1) is 5.41 Å². The lowest BCUT2D eigenvalue weighted by atomic mass is 9.96. The van der Waals surface area contributed by atoms with Gasteiger partial charge in [0, 0.05) is 18.8 Å². The Hall–Kier alpha value is 0.270. The molecule has 0 aliphatic carbocycles. The summed E-state index contributed by atoms with van der Waals surface area (Å²) >= 11 is 2.00. The third kappa shape index (κ3) is 2.48. The molecule has 0 atom stereocenters. The second-order valence-electron chi connectivity index (χ2n) is 3.69. The van der Waals surface area contributed by atoms with Crippen molar-refractivity contribution >= 4 is 11.8 Å². The lowest BCUT2D eigenvalue weighted by Gasteiger charge is -2.25. The Labute approximate surface area is 67.1 Å². The highest BCUT2D eigenvalue weighted by atomic mass is 32.2. The molecule has 1 aliphatic rings. The Kier molecular flexibility index (Phi) is 2.61. The van der Waals surface area contributed by atoms with Gasteiger partial charge in [0.2, 0.25) is 0 Å². The van der Waals surface area contributed by atoms with Gasteiger partial charge in [0.15, 0.2) is 0 Å². The van der Waals surface area contributed by atoms with Crippen LogP contribution in [0.3, 0.4) is 0 Å². The molecule has 0 spiro atoms. The summed E-state index contributed by atoms with van der Waals surface area (Å²) in [6.45, 7) is 6.60. The molecule has 1 aliphatic heterocycles. The number of hydrogen-bond donors (Lipinski definition) is 1. The molecule has 1 rings (SSSR count). The number of nitrogens with two attached hydrogens (primary N) is 1. The summed E-state index contributed by atoms with van der Waals surface area (Å²) < 4.78 is 0. The van der Waals surface area contributed by atoms with Crippen molar-refractivity contribution in [3.63, 3.8) is 0 Å². The van der Waals surface area contributed by atoms with Crippen molar-refractivity contribution in [1.82, 2.24) is 5.01 Å². The first kappa shape index (κ1) is 8.37. The zero-order valence-electron chi connectivity index (χ0n) is 6.76. The van der Waals surface area contributed by atoms with Gasteiger partial charge in [0.1, 0.15) is 0 Å². The van der Waals surface area contributed by atoms with Crippen LogP contribution in [0.15, 0.2) is 0 Å². The maximum absolute atomic E-state index is 5.73. The Morgan fingerprint density at radius 2 is 2.20 bits per heavy atom. The first-order valence-corrected chi connectivity index (χ1v) is 4.83. The van der Waals surface area contributed by atoms with Crippen LogP contribution in [0.25, 0.3) is 0 Å². The van der Waals surface area contributed by atoms with Gasteiger partial charge >= 0.3 is 0 Å². The van der Waals surface area contributed by atoms with Crippen LogP contribution in [-0.4, -0.2) is 29.6 Å². The van der Waals surface area contributed by atoms with Gasteiger partial charge < -0.3 is 0 Å². The average molecular weight is 160 g/mol. The van der Waals surface area contributed by atoms with Gasteiger partial charge in [0.25, 0.3) is 0 Å². The quantitative estimate of drug-likeness (QED) is 0.535. The maximum Gasteiger partial charge on any atom is 0.0219 e. The summed E-state index contributed by atoms with van der Waals surface area (Å²) in [5, 5.41) is 1.93. The van der Waals surface area contributed by atoms with E-state index in [9.17, 15) is 0 Å². The van der Waals surface area contributed by atoms with Crippen LogP contribution in [0.1, 0.15) is 13.8 Å². The lowest BCUT2D eigenvalue weighted by molar-refractivity contribution is 0.214. The van der Waals surface area contributed by atoms with E-state index < -0.39 is 0 Å². The van der Waals surface area contributed by atoms with Gasteiger partial charge in [-0.1, -0.05) is 13.8 Å². The van der Waals surface area contributed by atoms with Crippen molar-refractivity contribution in [2.75, 3.05) is 24.6 Å². The van der Waals surface area contributed by atoms with Crippen LogP contribution in [-0.2, 0) is 0 Å². The Morgan fingerprint density at radius 1 is 1.50 bits per heavy atom. The largest absolute Gasteiger partial charge is 0.269 e. The van der Waals surface area contributed by atoms with Gasteiger partial charge in [-0.3, -0.25) is 5.84 Å². The van der Waals surface area contributed by atoms with Crippen LogP contribution in [0.5, 0.6) is 0 Å². The number of hydrogen-bond acceptors (Lipinski definition) is 3. The number of rotatable bonds is 0. The average Bonchev–Trinajstić information content (AvgIpc) is 1.90. The number of nitrogens with zero attached hydrogens (tertiary/aromatic N) is 1. The molecule has 1 fully saturated rings. The van der Waals surface area contributed by atoms with Crippen molar-refractivity contribution < 1.29 is 0 Å². The molecule has 0 amide bonds. The molecule has 1 saturated heterocycles. The topological polar surface area (TPSA) is 29.3 Å². The summed E-state index contributed by atoms with van der Waals surface area (Å²) in [6, 6.07) is 0. The summed E-state index contributed by atoms with van der Waals surface area (Å²) in [6.07, 6.45) is 0. The highest BCUT2D eigenvalue weighted by molar-refractivity contribution is 7.99. The monoisotopic (exact) mass is 160 g/mol. The maximum atomic E-state index is 5.73. The first-order chi connectivity index (χ1) is 4.60. The highest BCUT2D eigenvalue weighted by Gasteiger charge is 2.22. The van der Waals surface area contributed by atoms with Crippen molar-refractivity contribution in [2.24, 2.45) is 11.3 Å². The third-order valence-electron chi connectivity index (χ3n) is 1.65. The molecule has 2 N–H and O–H groups in total. The number of thioether (sulfide) groups is 1. The molecule has 2 nitrogen and oxygen atoms in total. The summed E-state index contributed by atoms with van der Waals surface area (Å²) in [7, 11) is 0. The van der Waals surface area contributed by atoms with Gasteiger partial charge in [-0.05, 0) is 11.2 Å². The summed E-state index contributed by atoms with van der Waals surface area (Å²) in [5.74, 6) is 8.15. The molecule has 0 aromatic heterocycles. The minimum atomic E-state index is 0.399. The SMILES string of the molecule is CC1(C)CSCCN(N)C1. The summed E-state index contributed by atoms with van der Waals surface area (Å²) in [5.41, 5.74) is 0.399. The zero-order valence-corrected chi connectivity index (χ0v) is 7.58. The molecule has 0 saturated carbocycles. The van der Waals surface area contributed by atoms with Crippen molar-refractivity contribution in [1.29, 1.82) is 0 Å². The number of hydrazine groups is 1. The van der Waals surface area contributed by atoms with Crippen LogP contribution in [0.2, 0.25) is 0 Å². The fourth-order valence-electron chi connectivity index (χ4n) is 1.20. The van der Waals surface area contributed by atoms with Gasteiger partial charge in [-0.25, -0.2) is 5.01 Å². The Balaban J connectivity index is 2.46. The molecule has 0 aromatic rings. The van der Waals surface area contributed by atoms with E-state index in [-0.39, 0.29) is 0 Å². The van der Waals surface area contributed by atoms with Crippen LogP contribution >= 0.6 is 11.8 Å². The minimum absolute atomic E-state index is 0.399. The molecule has 1 heterocycles. The van der Waals surface area contributed by atoms with Gasteiger partial charge in [-0.2, -0.15) is 11.8 Å². The van der Waals surface area contributed by atoms with E-state index in [2.05, 4.69) is 13.8 Å². The normalized spacial score (nSPS) is 27.9.